The molecule has 1 aromatic carbocycles. The van der Waals surface area contributed by atoms with Gasteiger partial charge in [0.05, 0.1) is 5.92 Å². The van der Waals surface area contributed by atoms with E-state index in [1.54, 1.807) is 23.4 Å². The van der Waals surface area contributed by atoms with E-state index >= 15 is 0 Å². The summed E-state index contributed by atoms with van der Waals surface area (Å²) < 4.78 is 2.97. The summed E-state index contributed by atoms with van der Waals surface area (Å²) in [6.45, 7) is 3.19. The van der Waals surface area contributed by atoms with Crippen LogP contribution < -0.4 is 11.0 Å². The molecule has 1 aliphatic heterocycles. The Morgan fingerprint density at radius 2 is 2.12 bits per heavy atom. The Kier molecular flexibility index (Phi) is 5.63. The van der Waals surface area contributed by atoms with Crippen molar-refractivity contribution in [2.45, 2.75) is 37.6 Å². The summed E-state index contributed by atoms with van der Waals surface area (Å²) in [6.07, 6.45) is 2.35. The number of nitrogens with zero attached hydrogens (tertiary/aromatic N) is 3. The molecular formula is C18H24N4O2S. The van der Waals surface area contributed by atoms with Gasteiger partial charge in [0, 0.05) is 31.5 Å². The number of hydrogen-bond acceptors (Lipinski definition) is 4. The molecule has 25 heavy (non-hydrogen) atoms. The van der Waals surface area contributed by atoms with Gasteiger partial charge in [0.15, 0.2) is 0 Å². The molecule has 1 N–H and O–H groups in total. The Labute approximate surface area is 151 Å². The summed E-state index contributed by atoms with van der Waals surface area (Å²) in [5.74, 6) is 1.66. The highest BCUT2D eigenvalue weighted by molar-refractivity contribution is 7.99. The molecule has 1 aliphatic rings. The van der Waals surface area contributed by atoms with Crippen LogP contribution in [0.5, 0.6) is 0 Å². The van der Waals surface area contributed by atoms with Crippen molar-refractivity contribution in [1.29, 1.82) is 0 Å². The Hall–Kier alpha value is -2.02. The number of carbonyl (C=O) groups excluding carboxylic acids is 1. The minimum absolute atomic E-state index is 0.0433. The third-order valence-corrected chi connectivity index (χ3v) is 5.58. The summed E-state index contributed by atoms with van der Waals surface area (Å²) in [5, 5.41) is 7.21. The maximum Gasteiger partial charge on any atom is 0.345 e. The van der Waals surface area contributed by atoms with Crippen LogP contribution in [0.1, 0.15) is 24.2 Å². The van der Waals surface area contributed by atoms with Gasteiger partial charge in [-0.15, -0.1) is 11.8 Å². The van der Waals surface area contributed by atoms with Gasteiger partial charge in [-0.3, -0.25) is 9.36 Å². The Balaban J connectivity index is 1.40. The second kappa shape index (κ2) is 7.91. The first kappa shape index (κ1) is 17.8. The standard InChI is InChI=1S/C18H24N4O2S/c1-13-4-7-15(8-5-13)25-11-3-10-19-17(23)14-6-9-16-20-21(2)18(24)22(16)12-14/h4-5,7-8,14H,3,6,9-12H2,1-2H3,(H,19,23)/t14-/m1/s1. The highest BCUT2D eigenvalue weighted by atomic mass is 32.2. The van der Waals surface area contributed by atoms with E-state index in [4.69, 9.17) is 0 Å². The molecule has 6 nitrogen and oxygen atoms in total. The maximum absolute atomic E-state index is 12.3. The number of aryl methyl sites for hydroxylation is 3. The van der Waals surface area contributed by atoms with Crippen LogP contribution in [0.3, 0.4) is 0 Å². The molecule has 0 fully saturated rings. The number of amides is 1. The van der Waals surface area contributed by atoms with Gasteiger partial charge in [0.2, 0.25) is 5.91 Å². The number of aromatic nitrogens is 3. The minimum atomic E-state index is -0.140. The Bertz CT molecular complexity index is 794. The lowest BCUT2D eigenvalue weighted by molar-refractivity contribution is -0.125. The SMILES string of the molecule is Cc1ccc(SCCCNC(=O)[C@@H]2CCc3nn(C)c(=O)n3C2)cc1. The average Bonchev–Trinajstić information content (AvgIpc) is 2.90. The van der Waals surface area contributed by atoms with Crippen molar-refractivity contribution in [2.24, 2.45) is 13.0 Å². The smallest absolute Gasteiger partial charge is 0.345 e. The molecule has 0 saturated heterocycles. The van der Waals surface area contributed by atoms with Crippen molar-refractivity contribution in [3.63, 3.8) is 0 Å². The molecule has 2 heterocycles. The molecule has 0 bridgehead atoms. The third-order valence-electron chi connectivity index (χ3n) is 4.48. The number of thioether (sulfide) groups is 1. The number of rotatable bonds is 6. The van der Waals surface area contributed by atoms with Crippen LogP contribution in [0.25, 0.3) is 0 Å². The molecule has 0 aliphatic carbocycles. The molecular weight excluding hydrogens is 336 g/mol. The van der Waals surface area contributed by atoms with Gasteiger partial charge in [-0.05, 0) is 37.7 Å². The monoisotopic (exact) mass is 360 g/mol. The van der Waals surface area contributed by atoms with Crippen molar-refractivity contribution < 1.29 is 4.79 Å². The third kappa shape index (κ3) is 4.34. The zero-order valence-corrected chi connectivity index (χ0v) is 15.5. The van der Waals surface area contributed by atoms with Crippen molar-refractivity contribution in [3.05, 3.63) is 46.1 Å². The minimum Gasteiger partial charge on any atom is -0.356 e. The first-order valence-corrected chi connectivity index (χ1v) is 9.63. The molecule has 1 atom stereocenters. The highest BCUT2D eigenvalue weighted by Crippen LogP contribution is 2.19. The van der Waals surface area contributed by atoms with Crippen LogP contribution in [0.4, 0.5) is 0 Å². The predicted molar refractivity (Wildman–Crippen MR) is 98.8 cm³/mol. The molecule has 1 amide bonds. The molecule has 0 spiro atoms. The lowest BCUT2D eigenvalue weighted by atomic mass is 9.98. The topological polar surface area (TPSA) is 68.9 Å². The van der Waals surface area contributed by atoms with Crippen molar-refractivity contribution in [2.75, 3.05) is 12.3 Å². The molecule has 7 heteroatoms. The van der Waals surface area contributed by atoms with Gasteiger partial charge in [0.25, 0.3) is 0 Å². The zero-order chi connectivity index (χ0) is 17.8. The fourth-order valence-electron chi connectivity index (χ4n) is 3.01. The first-order chi connectivity index (χ1) is 12.0. The largest absolute Gasteiger partial charge is 0.356 e. The fourth-order valence-corrected chi connectivity index (χ4v) is 3.86. The summed E-state index contributed by atoms with van der Waals surface area (Å²) in [6, 6.07) is 8.48. The van der Waals surface area contributed by atoms with Crippen molar-refractivity contribution >= 4 is 17.7 Å². The van der Waals surface area contributed by atoms with E-state index < -0.39 is 0 Å². The number of carbonyl (C=O) groups is 1. The second-order valence-electron chi connectivity index (χ2n) is 6.47. The van der Waals surface area contributed by atoms with E-state index in [1.165, 1.54) is 15.1 Å². The van der Waals surface area contributed by atoms with Gasteiger partial charge in [0.1, 0.15) is 5.82 Å². The summed E-state index contributed by atoms with van der Waals surface area (Å²) in [7, 11) is 1.65. The fraction of sp³-hybridized carbons (Fsp3) is 0.500. The molecule has 0 saturated carbocycles. The van der Waals surface area contributed by atoms with E-state index in [9.17, 15) is 9.59 Å². The summed E-state index contributed by atoms with van der Waals surface area (Å²) in [5.41, 5.74) is 1.13. The highest BCUT2D eigenvalue weighted by Gasteiger charge is 2.27. The molecule has 1 aromatic heterocycles. The van der Waals surface area contributed by atoms with Crippen LogP contribution in [-0.4, -0.2) is 32.6 Å². The predicted octanol–water partition coefficient (Wildman–Crippen LogP) is 1.75. The molecule has 3 rings (SSSR count). The van der Waals surface area contributed by atoms with E-state index in [0.29, 0.717) is 19.5 Å². The zero-order valence-electron chi connectivity index (χ0n) is 14.7. The second-order valence-corrected chi connectivity index (χ2v) is 7.64. The normalized spacial score (nSPS) is 16.5. The molecule has 134 valence electrons. The quantitative estimate of drug-likeness (QED) is 0.629. The van der Waals surface area contributed by atoms with Gasteiger partial charge in [-0.1, -0.05) is 17.7 Å². The van der Waals surface area contributed by atoms with Crippen LogP contribution in [0.15, 0.2) is 34.0 Å². The maximum atomic E-state index is 12.3. The van der Waals surface area contributed by atoms with Gasteiger partial charge in [-0.25, -0.2) is 9.48 Å². The van der Waals surface area contributed by atoms with Crippen molar-refractivity contribution in [3.8, 4) is 0 Å². The lowest BCUT2D eigenvalue weighted by Gasteiger charge is -2.21. The van der Waals surface area contributed by atoms with Crippen LogP contribution >= 0.6 is 11.8 Å². The van der Waals surface area contributed by atoms with Gasteiger partial charge in [-0.2, -0.15) is 5.10 Å². The van der Waals surface area contributed by atoms with Crippen molar-refractivity contribution in [1.82, 2.24) is 19.7 Å². The molecule has 0 radical (unpaired) electrons. The molecule has 2 aromatic rings. The number of benzene rings is 1. The van der Waals surface area contributed by atoms with Crippen LogP contribution in [0, 0.1) is 12.8 Å². The number of nitrogens with one attached hydrogen (secondary N) is 1. The van der Waals surface area contributed by atoms with Gasteiger partial charge < -0.3 is 5.32 Å². The Morgan fingerprint density at radius 1 is 1.36 bits per heavy atom. The van der Waals surface area contributed by atoms with Crippen LogP contribution in [-0.2, 0) is 24.8 Å². The van der Waals surface area contributed by atoms with E-state index in [1.807, 2.05) is 0 Å². The van der Waals surface area contributed by atoms with Gasteiger partial charge >= 0.3 is 5.69 Å². The summed E-state index contributed by atoms with van der Waals surface area (Å²) in [4.78, 5) is 25.6. The van der Waals surface area contributed by atoms with Crippen LogP contribution in [0.2, 0.25) is 0 Å². The first-order valence-electron chi connectivity index (χ1n) is 8.64. The molecule has 0 unspecified atom stereocenters. The number of hydrogen-bond donors (Lipinski definition) is 1. The number of fused-ring (bicyclic) bond motifs is 1. The Morgan fingerprint density at radius 3 is 2.88 bits per heavy atom. The van der Waals surface area contributed by atoms with E-state index in [-0.39, 0.29) is 17.5 Å². The van der Waals surface area contributed by atoms with E-state index in [2.05, 4.69) is 41.6 Å². The van der Waals surface area contributed by atoms with E-state index in [0.717, 1.165) is 24.4 Å². The summed E-state index contributed by atoms with van der Waals surface area (Å²) >= 11 is 1.80. The average molecular weight is 360 g/mol. The lowest BCUT2D eigenvalue weighted by Crippen LogP contribution is -2.39.